The summed E-state index contributed by atoms with van der Waals surface area (Å²) in [6.07, 6.45) is 6.79. The first-order valence-electron chi connectivity index (χ1n) is 8.50. The number of hydrogen-bond acceptors (Lipinski definition) is 4. The first kappa shape index (κ1) is 14.8. The maximum atomic E-state index is 6.32. The molecule has 4 nitrogen and oxygen atoms in total. The molecule has 0 aromatic carbocycles. The normalized spacial score (nSPS) is 44.4. The summed E-state index contributed by atoms with van der Waals surface area (Å²) in [7, 11) is 2.27. The molecule has 1 saturated carbocycles. The van der Waals surface area contributed by atoms with Crippen LogP contribution in [0.25, 0.3) is 0 Å². The van der Waals surface area contributed by atoms with Gasteiger partial charge in [-0.2, -0.15) is 0 Å². The molecule has 0 spiro atoms. The minimum absolute atomic E-state index is 0.381. The summed E-state index contributed by atoms with van der Waals surface area (Å²) in [5.74, 6) is 2.48. The van der Waals surface area contributed by atoms with Crippen LogP contribution in [0.3, 0.4) is 0 Å². The standard InChI is InChI=1S/C16H31N3O/c1-19-8-9-20-11-16(19)13-4-2-12(3-5-13)14-6-7-18-10-15(14)17/h12-16,18H,2-11,17H2,1H3/t12?,13?,14?,15?,16-/m1/s1. The number of piperidine rings is 1. The molecule has 20 heavy (non-hydrogen) atoms. The number of morpholine rings is 1. The van der Waals surface area contributed by atoms with E-state index in [-0.39, 0.29) is 0 Å². The van der Waals surface area contributed by atoms with Crippen LogP contribution in [0.15, 0.2) is 0 Å². The Balaban J connectivity index is 1.51. The Morgan fingerprint density at radius 2 is 1.85 bits per heavy atom. The van der Waals surface area contributed by atoms with Crippen molar-refractivity contribution in [2.75, 3.05) is 39.9 Å². The highest BCUT2D eigenvalue weighted by Gasteiger charge is 2.36. The third-order valence-electron chi connectivity index (χ3n) is 5.99. The van der Waals surface area contributed by atoms with E-state index in [4.69, 9.17) is 10.5 Å². The van der Waals surface area contributed by atoms with E-state index in [2.05, 4.69) is 17.3 Å². The Morgan fingerprint density at radius 1 is 1.10 bits per heavy atom. The van der Waals surface area contributed by atoms with Crippen LogP contribution >= 0.6 is 0 Å². The van der Waals surface area contributed by atoms with Crippen LogP contribution in [0.5, 0.6) is 0 Å². The molecule has 3 aliphatic rings. The molecule has 3 N–H and O–H groups in total. The van der Waals surface area contributed by atoms with E-state index < -0.39 is 0 Å². The van der Waals surface area contributed by atoms with Crippen molar-refractivity contribution in [1.82, 2.24) is 10.2 Å². The zero-order chi connectivity index (χ0) is 13.9. The SMILES string of the molecule is CN1CCOC[C@@H]1C1CCC(C2CCNCC2N)CC1. The van der Waals surface area contributed by atoms with Crippen molar-refractivity contribution >= 4 is 0 Å². The molecule has 2 unspecified atom stereocenters. The zero-order valence-electron chi connectivity index (χ0n) is 12.9. The van der Waals surface area contributed by atoms with Gasteiger partial charge in [0.05, 0.1) is 13.2 Å². The fourth-order valence-corrected chi connectivity index (χ4v) is 4.65. The molecule has 0 amide bonds. The minimum Gasteiger partial charge on any atom is -0.378 e. The third-order valence-corrected chi connectivity index (χ3v) is 5.99. The van der Waals surface area contributed by atoms with Gasteiger partial charge in [0.15, 0.2) is 0 Å². The van der Waals surface area contributed by atoms with Gasteiger partial charge in [-0.3, -0.25) is 4.90 Å². The highest BCUT2D eigenvalue weighted by atomic mass is 16.5. The molecule has 2 aliphatic heterocycles. The van der Waals surface area contributed by atoms with Crippen molar-refractivity contribution in [3.63, 3.8) is 0 Å². The second-order valence-corrected chi connectivity index (χ2v) is 7.12. The molecule has 3 rings (SSSR count). The molecule has 0 aromatic heterocycles. The second-order valence-electron chi connectivity index (χ2n) is 7.12. The number of nitrogens with two attached hydrogens (primary N) is 1. The van der Waals surface area contributed by atoms with Gasteiger partial charge in [-0.15, -0.1) is 0 Å². The molecule has 4 heteroatoms. The average Bonchev–Trinajstić information content (AvgIpc) is 2.49. The molecule has 0 radical (unpaired) electrons. The van der Waals surface area contributed by atoms with E-state index in [1.807, 2.05) is 0 Å². The van der Waals surface area contributed by atoms with Crippen LogP contribution in [-0.4, -0.2) is 56.9 Å². The molecule has 1 aliphatic carbocycles. The van der Waals surface area contributed by atoms with E-state index >= 15 is 0 Å². The maximum absolute atomic E-state index is 6.32. The molecule has 2 saturated heterocycles. The predicted molar refractivity (Wildman–Crippen MR) is 81.6 cm³/mol. The monoisotopic (exact) mass is 281 g/mol. The Hall–Kier alpha value is -0.160. The van der Waals surface area contributed by atoms with E-state index in [1.54, 1.807) is 0 Å². The fourth-order valence-electron chi connectivity index (χ4n) is 4.65. The van der Waals surface area contributed by atoms with Crippen LogP contribution in [0.2, 0.25) is 0 Å². The summed E-state index contributed by atoms with van der Waals surface area (Å²) in [6, 6.07) is 1.04. The lowest BCUT2D eigenvalue weighted by atomic mass is 9.70. The molecule has 0 bridgehead atoms. The van der Waals surface area contributed by atoms with Gasteiger partial charge >= 0.3 is 0 Å². The van der Waals surface area contributed by atoms with Gasteiger partial charge in [-0.1, -0.05) is 0 Å². The molecule has 116 valence electrons. The van der Waals surface area contributed by atoms with Crippen molar-refractivity contribution in [3.8, 4) is 0 Å². The van der Waals surface area contributed by atoms with E-state index in [0.29, 0.717) is 12.1 Å². The van der Waals surface area contributed by atoms with E-state index in [9.17, 15) is 0 Å². The van der Waals surface area contributed by atoms with Gasteiger partial charge in [0.2, 0.25) is 0 Å². The topological polar surface area (TPSA) is 50.5 Å². The number of likely N-dealkylation sites (N-methyl/N-ethyl adjacent to an activating group) is 1. The van der Waals surface area contributed by atoms with E-state index in [1.165, 1.54) is 32.1 Å². The molecular weight excluding hydrogens is 250 g/mol. The van der Waals surface area contributed by atoms with Gasteiger partial charge in [0.25, 0.3) is 0 Å². The molecular formula is C16H31N3O. The average molecular weight is 281 g/mol. The second kappa shape index (κ2) is 6.73. The Labute approximate surface area is 123 Å². The largest absolute Gasteiger partial charge is 0.378 e. The van der Waals surface area contributed by atoms with Crippen LogP contribution < -0.4 is 11.1 Å². The number of hydrogen-bond donors (Lipinski definition) is 2. The lowest BCUT2D eigenvalue weighted by Gasteiger charge is -2.44. The van der Waals surface area contributed by atoms with Crippen molar-refractivity contribution in [3.05, 3.63) is 0 Å². The summed E-state index contributed by atoms with van der Waals surface area (Å²) in [5, 5.41) is 3.42. The number of rotatable bonds is 2. The summed E-state index contributed by atoms with van der Waals surface area (Å²) >= 11 is 0. The Bertz CT molecular complexity index is 274. The van der Waals surface area contributed by atoms with Crippen molar-refractivity contribution in [2.45, 2.75) is 44.2 Å². The lowest BCUT2D eigenvalue weighted by Crippen LogP contribution is -2.51. The quantitative estimate of drug-likeness (QED) is 0.795. The first-order valence-corrected chi connectivity index (χ1v) is 8.50. The Kier molecular flexibility index (Phi) is 4.97. The van der Waals surface area contributed by atoms with Crippen LogP contribution in [0.4, 0.5) is 0 Å². The van der Waals surface area contributed by atoms with Crippen molar-refractivity contribution in [1.29, 1.82) is 0 Å². The molecule has 0 aromatic rings. The third kappa shape index (κ3) is 3.19. The number of ether oxygens (including phenoxy) is 1. The highest BCUT2D eigenvalue weighted by molar-refractivity contribution is 4.90. The maximum Gasteiger partial charge on any atom is 0.0625 e. The van der Waals surface area contributed by atoms with Crippen molar-refractivity contribution < 1.29 is 4.74 Å². The van der Waals surface area contributed by atoms with Gasteiger partial charge < -0.3 is 15.8 Å². The Morgan fingerprint density at radius 3 is 2.55 bits per heavy atom. The van der Waals surface area contributed by atoms with E-state index in [0.717, 1.165) is 50.6 Å². The van der Waals surface area contributed by atoms with Crippen LogP contribution in [0, 0.1) is 17.8 Å². The number of nitrogens with one attached hydrogen (secondary N) is 1. The highest BCUT2D eigenvalue weighted by Crippen LogP contribution is 2.38. The zero-order valence-corrected chi connectivity index (χ0v) is 12.9. The summed E-state index contributed by atoms with van der Waals surface area (Å²) in [5.41, 5.74) is 6.32. The molecule has 3 fully saturated rings. The fraction of sp³-hybridized carbons (Fsp3) is 1.00. The summed E-state index contributed by atoms with van der Waals surface area (Å²) < 4.78 is 5.70. The summed E-state index contributed by atoms with van der Waals surface area (Å²) in [6.45, 7) is 5.13. The summed E-state index contributed by atoms with van der Waals surface area (Å²) in [4.78, 5) is 2.52. The smallest absolute Gasteiger partial charge is 0.0625 e. The van der Waals surface area contributed by atoms with Gasteiger partial charge in [-0.05, 0) is 63.5 Å². The van der Waals surface area contributed by atoms with Crippen LogP contribution in [0.1, 0.15) is 32.1 Å². The first-order chi connectivity index (χ1) is 9.75. The van der Waals surface area contributed by atoms with Gasteiger partial charge in [-0.25, -0.2) is 0 Å². The number of nitrogens with zero attached hydrogens (tertiary/aromatic N) is 1. The lowest BCUT2D eigenvalue weighted by molar-refractivity contribution is -0.0291. The molecule has 2 heterocycles. The van der Waals surface area contributed by atoms with Crippen molar-refractivity contribution in [2.24, 2.45) is 23.5 Å². The van der Waals surface area contributed by atoms with Crippen LogP contribution in [-0.2, 0) is 4.74 Å². The van der Waals surface area contributed by atoms with Gasteiger partial charge in [0.1, 0.15) is 0 Å². The minimum atomic E-state index is 0.381. The molecule has 3 atom stereocenters. The van der Waals surface area contributed by atoms with Gasteiger partial charge in [0, 0.05) is 25.2 Å². The predicted octanol–water partition coefficient (Wildman–Crippen LogP) is 1.06.